The highest BCUT2D eigenvalue weighted by Crippen LogP contribution is 2.40. The summed E-state index contributed by atoms with van der Waals surface area (Å²) in [6, 6.07) is 1.38. The van der Waals surface area contributed by atoms with Gasteiger partial charge in [-0.3, -0.25) is 4.98 Å². The van der Waals surface area contributed by atoms with Crippen LogP contribution in [0.15, 0.2) is 12.3 Å². The maximum atomic E-state index is 14.1. The molecular weight excluding hydrogens is 297 g/mol. The molecule has 1 aromatic rings. The van der Waals surface area contributed by atoms with Crippen molar-refractivity contribution in [2.45, 2.75) is 51.4 Å². The number of pyridine rings is 1. The second-order valence-corrected chi connectivity index (χ2v) is 11.4. The van der Waals surface area contributed by atoms with Gasteiger partial charge in [0.2, 0.25) is 0 Å². The van der Waals surface area contributed by atoms with Gasteiger partial charge < -0.3 is 9.22 Å². The van der Waals surface area contributed by atoms with Gasteiger partial charge in [-0.25, -0.2) is 4.39 Å². The molecule has 6 heteroatoms. The summed E-state index contributed by atoms with van der Waals surface area (Å²) in [5.74, 6) is -0.611. The van der Waals surface area contributed by atoms with Gasteiger partial charge in [-0.1, -0.05) is 32.4 Å². The first-order chi connectivity index (χ1) is 9.10. The Morgan fingerprint density at radius 3 is 2.60 bits per heavy atom. The summed E-state index contributed by atoms with van der Waals surface area (Å²) in [4.78, 5) is 14.9. The number of halogens is 2. The Labute approximate surface area is 125 Å². The van der Waals surface area contributed by atoms with E-state index in [-0.39, 0.29) is 22.2 Å². The number of hydrogen-bond donors (Lipinski definition) is 0. The van der Waals surface area contributed by atoms with E-state index >= 15 is 0 Å². The lowest BCUT2D eigenvalue weighted by atomic mass is 10.2. The van der Waals surface area contributed by atoms with E-state index in [4.69, 9.17) is 16.0 Å². The molecule has 1 atom stereocenters. The van der Waals surface area contributed by atoms with E-state index in [1.165, 1.54) is 12.3 Å². The van der Waals surface area contributed by atoms with Crippen molar-refractivity contribution in [3.05, 3.63) is 28.8 Å². The molecule has 0 bridgehead atoms. The van der Waals surface area contributed by atoms with Gasteiger partial charge in [0.25, 0.3) is 0 Å². The molecule has 0 amide bonds. The molecule has 0 fully saturated rings. The molecule has 1 heterocycles. The smallest absolute Gasteiger partial charge is 0.193 e. The second kappa shape index (κ2) is 6.33. The Morgan fingerprint density at radius 2 is 2.10 bits per heavy atom. The van der Waals surface area contributed by atoms with Gasteiger partial charge in [0.1, 0.15) is 12.0 Å². The Hall–Kier alpha value is -0.783. The van der Waals surface area contributed by atoms with Gasteiger partial charge >= 0.3 is 0 Å². The third-order valence-corrected chi connectivity index (χ3v) is 8.51. The lowest BCUT2D eigenvalue weighted by molar-refractivity contribution is -0.109. The molecule has 0 spiro atoms. The van der Waals surface area contributed by atoms with Crippen LogP contribution >= 0.6 is 11.6 Å². The fourth-order valence-electron chi connectivity index (χ4n) is 1.50. The van der Waals surface area contributed by atoms with Crippen LogP contribution in [-0.4, -0.2) is 19.6 Å². The Bertz CT molecular complexity index is 489. The minimum absolute atomic E-state index is 0.00951. The normalized spacial score (nSPS) is 14.2. The van der Waals surface area contributed by atoms with Crippen LogP contribution in [0.5, 0.6) is 0 Å². The van der Waals surface area contributed by atoms with Crippen molar-refractivity contribution in [3.8, 4) is 0 Å². The third kappa shape index (κ3) is 3.87. The summed E-state index contributed by atoms with van der Waals surface area (Å²) in [7, 11) is -2.14. The molecular formula is C14H21ClFNO2Si. The summed E-state index contributed by atoms with van der Waals surface area (Å²) >= 11 is 5.77. The standard InChI is InChI=1S/C14H21ClFNO2Si/c1-14(2,3)20(4,5)19-11(7-9-18)13-12(16)10(15)6-8-17-13/h6,8-9,11H,7H2,1-5H3. The summed E-state index contributed by atoms with van der Waals surface area (Å²) < 4.78 is 20.2. The van der Waals surface area contributed by atoms with E-state index < -0.39 is 20.2 Å². The molecule has 0 aliphatic heterocycles. The van der Waals surface area contributed by atoms with Crippen LogP contribution in [0.25, 0.3) is 0 Å². The minimum atomic E-state index is -2.14. The average Bonchev–Trinajstić information content (AvgIpc) is 2.30. The van der Waals surface area contributed by atoms with Gasteiger partial charge in [0.15, 0.2) is 14.1 Å². The van der Waals surface area contributed by atoms with Crippen LogP contribution in [0.4, 0.5) is 4.39 Å². The van der Waals surface area contributed by atoms with Crippen LogP contribution < -0.4 is 0 Å². The van der Waals surface area contributed by atoms with Crippen LogP contribution in [-0.2, 0) is 9.22 Å². The molecule has 1 rings (SSSR count). The number of rotatable bonds is 5. The fraction of sp³-hybridized carbons (Fsp3) is 0.571. The number of aromatic nitrogens is 1. The van der Waals surface area contributed by atoms with E-state index in [2.05, 4.69) is 25.8 Å². The van der Waals surface area contributed by atoms with E-state index in [1.807, 2.05) is 13.1 Å². The number of hydrogen-bond acceptors (Lipinski definition) is 3. The number of aldehydes is 1. The molecule has 1 unspecified atom stereocenters. The second-order valence-electron chi connectivity index (χ2n) is 6.26. The molecule has 1 aromatic heterocycles. The molecule has 0 radical (unpaired) electrons. The zero-order chi connectivity index (χ0) is 15.6. The highest BCUT2D eigenvalue weighted by atomic mass is 35.5. The maximum absolute atomic E-state index is 14.1. The summed E-state index contributed by atoms with van der Waals surface area (Å²) in [6.07, 6.45) is 1.52. The summed E-state index contributed by atoms with van der Waals surface area (Å²) in [5, 5.41) is -0.0480. The first-order valence-corrected chi connectivity index (χ1v) is 9.80. The van der Waals surface area contributed by atoms with Gasteiger partial charge in [0.05, 0.1) is 11.1 Å². The topological polar surface area (TPSA) is 39.2 Å². The van der Waals surface area contributed by atoms with Crippen molar-refractivity contribution in [2.75, 3.05) is 0 Å². The third-order valence-electron chi connectivity index (χ3n) is 3.73. The first-order valence-electron chi connectivity index (χ1n) is 6.51. The number of carbonyl (C=O) groups excluding carboxylic acids is 1. The Balaban J connectivity index is 3.13. The van der Waals surface area contributed by atoms with E-state index in [0.29, 0.717) is 0 Å². The fourth-order valence-corrected chi connectivity index (χ4v) is 2.92. The highest BCUT2D eigenvalue weighted by molar-refractivity contribution is 6.74. The monoisotopic (exact) mass is 317 g/mol. The molecule has 0 saturated carbocycles. The number of nitrogens with zero attached hydrogens (tertiary/aromatic N) is 1. The maximum Gasteiger partial charge on any atom is 0.193 e. The largest absolute Gasteiger partial charge is 0.408 e. The SMILES string of the molecule is CC(C)(C)[Si](C)(C)OC(CC=O)c1nccc(Cl)c1F. The molecule has 0 aliphatic rings. The zero-order valence-corrected chi connectivity index (χ0v) is 14.3. The predicted octanol–water partition coefficient (Wildman–Crippen LogP) is 4.53. The van der Waals surface area contributed by atoms with Crippen molar-refractivity contribution in [1.82, 2.24) is 4.98 Å². The summed E-state index contributed by atoms with van der Waals surface area (Å²) in [5.41, 5.74) is 0.106. The van der Waals surface area contributed by atoms with Crippen molar-refractivity contribution >= 4 is 26.2 Å². The van der Waals surface area contributed by atoms with Gasteiger partial charge in [-0.05, 0) is 24.2 Å². The molecule has 20 heavy (non-hydrogen) atoms. The van der Waals surface area contributed by atoms with Crippen molar-refractivity contribution < 1.29 is 13.6 Å². The van der Waals surface area contributed by atoms with Crippen molar-refractivity contribution in [1.29, 1.82) is 0 Å². The van der Waals surface area contributed by atoms with Crippen LogP contribution in [0, 0.1) is 5.82 Å². The Morgan fingerprint density at radius 1 is 1.50 bits per heavy atom. The summed E-state index contributed by atoms with van der Waals surface area (Å²) in [6.45, 7) is 10.3. The highest BCUT2D eigenvalue weighted by Gasteiger charge is 2.40. The van der Waals surface area contributed by atoms with Gasteiger partial charge in [0, 0.05) is 12.6 Å². The zero-order valence-electron chi connectivity index (χ0n) is 12.5. The van der Waals surface area contributed by atoms with E-state index in [0.717, 1.165) is 6.29 Å². The van der Waals surface area contributed by atoms with Crippen LogP contribution in [0.1, 0.15) is 39.0 Å². The van der Waals surface area contributed by atoms with E-state index in [1.54, 1.807) is 0 Å². The van der Waals surface area contributed by atoms with Gasteiger partial charge in [-0.2, -0.15) is 0 Å². The first kappa shape index (κ1) is 17.3. The molecule has 0 aromatic carbocycles. The molecule has 3 nitrogen and oxygen atoms in total. The van der Waals surface area contributed by atoms with Gasteiger partial charge in [-0.15, -0.1) is 0 Å². The quantitative estimate of drug-likeness (QED) is 0.592. The van der Waals surface area contributed by atoms with Crippen molar-refractivity contribution in [3.63, 3.8) is 0 Å². The molecule has 0 saturated heterocycles. The van der Waals surface area contributed by atoms with Crippen molar-refractivity contribution in [2.24, 2.45) is 0 Å². The Kier molecular flexibility index (Phi) is 5.46. The minimum Gasteiger partial charge on any atom is -0.408 e. The molecule has 0 N–H and O–H groups in total. The molecule has 0 aliphatic carbocycles. The predicted molar refractivity (Wildman–Crippen MR) is 80.9 cm³/mol. The molecule has 112 valence electrons. The number of carbonyl (C=O) groups is 1. The van der Waals surface area contributed by atoms with E-state index in [9.17, 15) is 9.18 Å². The lowest BCUT2D eigenvalue weighted by Gasteiger charge is -2.38. The average molecular weight is 318 g/mol. The van der Waals surface area contributed by atoms with Crippen LogP contribution in [0.2, 0.25) is 23.2 Å². The lowest BCUT2D eigenvalue weighted by Crippen LogP contribution is -2.42. The van der Waals surface area contributed by atoms with Crippen LogP contribution in [0.3, 0.4) is 0 Å².